The quantitative estimate of drug-likeness (QED) is 0.703. The van der Waals surface area contributed by atoms with Crippen LogP contribution in [-0.4, -0.2) is 65.4 Å². The molecule has 1 aromatic heterocycles. The van der Waals surface area contributed by atoms with Crippen LogP contribution in [0.4, 0.5) is 0 Å². The average Bonchev–Trinajstić information content (AvgIpc) is 2.85. The summed E-state index contributed by atoms with van der Waals surface area (Å²) in [6, 6.07) is 0.591. The van der Waals surface area contributed by atoms with Gasteiger partial charge in [0.05, 0.1) is 13.2 Å². The highest BCUT2D eigenvalue weighted by molar-refractivity contribution is 4.87. The first-order valence-electron chi connectivity index (χ1n) is 7.56. The highest BCUT2D eigenvalue weighted by atomic mass is 16.5. The van der Waals surface area contributed by atoms with Gasteiger partial charge >= 0.3 is 0 Å². The van der Waals surface area contributed by atoms with Crippen LogP contribution < -0.4 is 0 Å². The molecular weight excluding hydrogens is 256 g/mol. The highest BCUT2D eigenvalue weighted by Gasteiger charge is 2.26. The molecule has 0 radical (unpaired) electrons. The molecule has 0 bridgehead atoms. The maximum atomic E-state index is 5.47. The van der Waals surface area contributed by atoms with Crippen molar-refractivity contribution in [2.24, 2.45) is 0 Å². The van der Waals surface area contributed by atoms with E-state index in [0.29, 0.717) is 11.9 Å². The van der Waals surface area contributed by atoms with E-state index in [9.17, 15) is 0 Å². The third kappa shape index (κ3) is 4.26. The first-order chi connectivity index (χ1) is 9.72. The Morgan fingerprint density at radius 3 is 2.85 bits per heavy atom. The molecule has 0 N–H and O–H groups in total. The Bertz CT molecular complexity index is 396. The lowest BCUT2D eigenvalue weighted by Gasteiger charge is -2.40. The minimum absolute atomic E-state index is 0.591. The largest absolute Gasteiger partial charge is 0.380 e. The number of nitrogens with zero attached hydrogens (tertiary/aromatic N) is 4. The normalized spacial score (nSPS) is 21.4. The topological polar surface area (TPSA) is 54.6 Å². The van der Waals surface area contributed by atoms with Crippen LogP contribution in [0.2, 0.25) is 0 Å². The van der Waals surface area contributed by atoms with Gasteiger partial charge in [0, 0.05) is 38.8 Å². The molecule has 114 valence electrons. The number of hydrogen-bond acceptors (Lipinski definition) is 6. The zero-order valence-corrected chi connectivity index (χ0v) is 12.8. The van der Waals surface area contributed by atoms with Crippen molar-refractivity contribution in [1.29, 1.82) is 0 Å². The Hall–Kier alpha value is -0.980. The number of hydrogen-bond donors (Lipinski definition) is 0. The molecule has 1 atom stereocenters. The predicted molar refractivity (Wildman–Crippen MR) is 76.5 cm³/mol. The summed E-state index contributed by atoms with van der Waals surface area (Å²) in [5, 5.41) is 3.85. The van der Waals surface area contributed by atoms with Gasteiger partial charge in [-0.3, -0.25) is 9.80 Å². The maximum absolute atomic E-state index is 5.47. The Balaban J connectivity index is 1.81. The van der Waals surface area contributed by atoms with Crippen molar-refractivity contribution in [2.75, 3.05) is 39.4 Å². The van der Waals surface area contributed by atoms with Gasteiger partial charge in [0.1, 0.15) is 0 Å². The van der Waals surface area contributed by atoms with Crippen LogP contribution in [0.3, 0.4) is 0 Å². The van der Waals surface area contributed by atoms with E-state index in [4.69, 9.17) is 9.26 Å². The van der Waals surface area contributed by atoms with Crippen molar-refractivity contribution in [3.05, 3.63) is 11.7 Å². The molecule has 0 amide bonds. The second-order valence-electron chi connectivity index (χ2n) is 5.27. The summed E-state index contributed by atoms with van der Waals surface area (Å²) in [6.07, 6.45) is 1.16. The molecule has 1 fully saturated rings. The summed E-state index contributed by atoms with van der Waals surface area (Å²) in [4.78, 5) is 9.22. The van der Waals surface area contributed by atoms with Crippen LogP contribution in [0.25, 0.3) is 0 Å². The first kappa shape index (κ1) is 15.4. The van der Waals surface area contributed by atoms with Gasteiger partial charge in [-0.1, -0.05) is 12.1 Å². The van der Waals surface area contributed by atoms with Crippen LogP contribution in [-0.2, 0) is 11.3 Å². The molecule has 1 aromatic rings. The molecule has 1 saturated heterocycles. The summed E-state index contributed by atoms with van der Waals surface area (Å²) in [6.45, 7) is 12.8. The molecule has 0 spiro atoms. The summed E-state index contributed by atoms with van der Waals surface area (Å²) in [5.41, 5.74) is 0. The number of ether oxygens (including phenoxy) is 1. The molecule has 6 nitrogen and oxygen atoms in total. The van der Waals surface area contributed by atoms with E-state index in [1.54, 1.807) is 0 Å². The molecule has 0 aliphatic carbocycles. The third-order valence-corrected chi connectivity index (χ3v) is 3.82. The van der Waals surface area contributed by atoms with Crippen molar-refractivity contribution in [3.8, 4) is 0 Å². The van der Waals surface area contributed by atoms with E-state index in [1.807, 2.05) is 13.8 Å². The van der Waals surface area contributed by atoms with Crippen molar-refractivity contribution in [1.82, 2.24) is 19.9 Å². The Morgan fingerprint density at radius 2 is 2.20 bits per heavy atom. The minimum Gasteiger partial charge on any atom is -0.380 e. The van der Waals surface area contributed by atoms with E-state index in [1.165, 1.54) is 0 Å². The van der Waals surface area contributed by atoms with E-state index < -0.39 is 0 Å². The van der Waals surface area contributed by atoms with E-state index in [-0.39, 0.29) is 0 Å². The SMILES string of the molecule is CCOCCN1CCN(Cc2nc(C)no2)C[C@H]1CC. The predicted octanol–water partition coefficient (Wildman–Crippen LogP) is 1.31. The lowest BCUT2D eigenvalue weighted by Crippen LogP contribution is -2.53. The summed E-state index contributed by atoms with van der Waals surface area (Å²) in [7, 11) is 0. The van der Waals surface area contributed by atoms with Gasteiger partial charge in [-0.25, -0.2) is 0 Å². The highest BCUT2D eigenvalue weighted by Crippen LogP contribution is 2.14. The fourth-order valence-corrected chi connectivity index (χ4v) is 2.70. The van der Waals surface area contributed by atoms with E-state index in [0.717, 1.165) is 58.2 Å². The van der Waals surface area contributed by atoms with Gasteiger partial charge in [0.25, 0.3) is 0 Å². The number of rotatable bonds is 7. The number of piperazine rings is 1. The lowest BCUT2D eigenvalue weighted by atomic mass is 10.1. The average molecular weight is 282 g/mol. The standard InChI is InChI=1S/C14H26N4O2/c1-4-13-10-17(11-14-15-12(3)16-20-14)6-7-18(13)8-9-19-5-2/h13H,4-11H2,1-3H3/t13-/m1/s1. The molecular formula is C14H26N4O2. The zero-order valence-electron chi connectivity index (χ0n) is 12.8. The smallest absolute Gasteiger partial charge is 0.240 e. The van der Waals surface area contributed by atoms with Crippen molar-refractivity contribution < 1.29 is 9.26 Å². The Morgan fingerprint density at radius 1 is 1.35 bits per heavy atom. The van der Waals surface area contributed by atoms with Crippen LogP contribution in [0.1, 0.15) is 32.0 Å². The van der Waals surface area contributed by atoms with Crippen molar-refractivity contribution in [3.63, 3.8) is 0 Å². The maximum Gasteiger partial charge on any atom is 0.240 e. The molecule has 0 aromatic carbocycles. The zero-order chi connectivity index (χ0) is 14.4. The fraction of sp³-hybridized carbons (Fsp3) is 0.857. The monoisotopic (exact) mass is 282 g/mol. The molecule has 0 saturated carbocycles. The van der Waals surface area contributed by atoms with Crippen molar-refractivity contribution in [2.45, 2.75) is 39.8 Å². The number of aryl methyl sites for hydroxylation is 1. The minimum atomic E-state index is 0.591. The fourth-order valence-electron chi connectivity index (χ4n) is 2.70. The number of aromatic nitrogens is 2. The van der Waals surface area contributed by atoms with Crippen molar-refractivity contribution >= 4 is 0 Å². The summed E-state index contributed by atoms with van der Waals surface area (Å²) in [5.74, 6) is 1.43. The molecule has 2 rings (SSSR count). The van der Waals surface area contributed by atoms with E-state index >= 15 is 0 Å². The van der Waals surface area contributed by atoms with E-state index in [2.05, 4.69) is 26.9 Å². The summed E-state index contributed by atoms with van der Waals surface area (Å²) < 4.78 is 10.7. The van der Waals surface area contributed by atoms with Gasteiger partial charge in [-0.15, -0.1) is 0 Å². The van der Waals surface area contributed by atoms with Gasteiger partial charge in [0.15, 0.2) is 5.82 Å². The van der Waals surface area contributed by atoms with Crippen LogP contribution >= 0.6 is 0 Å². The first-order valence-corrected chi connectivity index (χ1v) is 7.56. The summed E-state index contributed by atoms with van der Waals surface area (Å²) >= 11 is 0. The Labute approximate surface area is 121 Å². The molecule has 0 unspecified atom stereocenters. The van der Waals surface area contributed by atoms with Crippen LogP contribution in [0, 0.1) is 6.92 Å². The third-order valence-electron chi connectivity index (χ3n) is 3.82. The van der Waals surface area contributed by atoms with Gasteiger partial charge in [0.2, 0.25) is 5.89 Å². The second kappa shape index (κ2) is 7.71. The molecule has 1 aliphatic heterocycles. The molecule has 20 heavy (non-hydrogen) atoms. The van der Waals surface area contributed by atoms with Gasteiger partial charge < -0.3 is 9.26 Å². The molecule has 2 heterocycles. The molecule has 6 heteroatoms. The van der Waals surface area contributed by atoms with Crippen LogP contribution in [0.15, 0.2) is 4.52 Å². The van der Waals surface area contributed by atoms with Gasteiger partial charge in [-0.05, 0) is 20.3 Å². The second-order valence-corrected chi connectivity index (χ2v) is 5.27. The van der Waals surface area contributed by atoms with Crippen LogP contribution in [0.5, 0.6) is 0 Å². The molecule has 1 aliphatic rings. The lowest BCUT2D eigenvalue weighted by molar-refractivity contribution is 0.0350. The Kier molecular flexibility index (Phi) is 5.94. The van der Waals surface area contributed by atoms with Gasteiger partial charge in [-0.2, -0.15) is 4.98 Å².